The largest absolute Gasteiger partial charge is 0.349 e. The number of nitrogens with one attached hydrogen (secondary N) is 1. The third-order valence-electron chi connectivity index (χ3n) is 4.11. The van der Waals surface area contributed by atoms with Crippen LogP contribution in [-0.2, 0) is 11.2 Å². The van der Waals surface area contributed by atoms with Gasteiger partial charge in [0.25, 0.3) is 5.91 Å². The van der Waals surface area contributed by atoms with Gasteiger partial charge in [-0.05, 0) is 50.6 Å². The third kappa shape index (κ3) is 3.60. The Labute approximate surface area is 161 Å². The van der Waals surface area contributed by atoms with Gasteiger partial charge in [0, 0.05) is 22.0 Å². The van der Waals surface area contributed by atoms with Crippen molar-refractivity contribution in [2.75, 3.05) is 0 Å². The molecule has 0 fully saturated rings. The number of carbonyl (C=O) groups excluding carboxylic acids is 2. The number of amides is 1. The smallest absolute Gasteiger partial charge is 0.258 e. The highest BCUT2D eigenvalue weighted by molar-refractivity contribution is 9.10. The highest BCUT2D eigenvalue weighted by Gasteiger charge is 2.53. The van der Waals surface area contributed by atoms with Gasteiger partial charge >= 0.3 is 0 Å². The summed E-state index contributed by atoms with van der Waals surface area (Å²) in [6, 6.07) is 14.5. The van der Waals surface area contributed by atoms with E-state index in [2.05, 4.69) is 31.5 Å². The first-order chi connectivity index (χ1) is 12.2. The Bertz CT molecular complexity index is 885. The van der Waals surface area contributed by atoms with Gasteiger partial charge in [-0.2, -0.15) is 10.2 Å². The number of Topliss-reactive ketones (excluding diaryl/α,β-unsaturated/α-hetero) is 1. The molecule has 3 rings (SSSR count). The normalized spacial score (nSPS) is 19.6. The number of hydrogen-bond acceptors (Lipinski definition) is 4. The average Bonchev–Trinajstić information content (AvgIpc) is 2.87. The summed E-state index contributed by atoms with van der Waals surface area (Å²) in [6.07, 6.45) is 0.212. The Balaban J connectivity index is 2.02. The Hall–Kier alpha value is -2.34. The van der Waals surface area contributed by atoms with Crippen LogP contribution in [0.15, 0.2) is 63.2 Å². The summed E-state index contributed by atoms with van der Waals surface area (Å²) in [5, 5.41) is 11.4. The SMILES string of the molecule is CC(C)(C)NC(=O)[C@@]1(N=Nc2ccc(Br)cc2)Cc2ccccc2C1=O. The molecule has 1 aliphatic carbocycles. The van der Waals surface area contributed by atoms with Crippen LogP contribution in [0.4, 0.5) is 5.69 Å². The van der Waals surface area contributed by atoms with Crippen molar-refractivity contribution >= 4 is 33.3 Å². The van der Waals surface area contributed by atoms with Crippen molar-refractivity contribution in [2.24, 2.45) is 10.2 Å². The molecule has 5 nitrogen and oxygen atoms in total. The number of rotatable bonds is 3. The summed E-state index contributed by atoms with van der Waals surface area (Å²) in [5.74, 6) is -0.734. The highest BCUT2D eigenvalue weighted by Crippen LogP contribution is 2.35. The van der Waals surface area contributed by atoms with Crippen LogP contribution in [0.1, 0.15) is 36.7 Å². The quantitative estimate of drug-likeness (QED) is 0.588. The number of carbonyl (C=O) groups is 2. The number of fused-ring (bicyclic) bond motifs is 1. The van der Waals surface area contributed by atoms with E-state index in [0.717, 1.165) is 10.0 Å². The number of nitrogens with zero attached hydrogens (tertiary/aromatic N) is 2. The lowest BCUT2D eigenvalue weighted by atomic mass is 9.93. The van der Waals surface area contributed by atoms with Crippen molar-refractivity contribution in [1.29, 1.82) is 0 Å². The molecular formula is C20H20BrN3O2. The van der Waals surface area contributed by atoms with E-state index >= 15 is 0 Å². The maximum Gasteiger partial charge on any atom is 0.258 e. The van der Waals surface area contributed by atoms with Gasteiger partial charge in [0.15, 0.2) is 0 Å². The molecule has 6 heteroatoms. The lowest BCUT2D eigenvalue weighted by molar-refractivity contribution is -0.126. The van der Waals surface area contributed by atoms with Gasteiger partial charge in [-0.25, -0.2) is 0 Å². The fourth-order valence-electron chi connectivity index (χ4n) is 2.88. The Morgan fingerprint density at radius 3 is 2.38 bits per heavy atom. The predicted octanol–water partition coefficient (Wildman–Crippen LogP) is 4.63. The van der Waals surface area contributed by atoms with E-state index in [0.29, 0.717) is 11.3 Å². The molecule has 2 aromatic rings. The second-order valence-corrected chi connectivity index (χ2v) is 8.32. The van der Waals surface area contributed by atoms with Gasteiger partial charge in [0.1, 0.15) is 0 Å². The molecule has 0 aliphatic heterocycles. The monoisotopic (exact) mass is 413 g/mol. The molecule has 0 saturated heterocycles. The van der Waals surface area contributed by atoms with E-state index in [9.17, 15) is 9.59 Å². The van der Waals surface area contributed by atoms with Gasteiger partial charge in [0.05, 0.1) is 5.69 Å². The zero-order valence-electron chi connectivity index (χ0n) is 14.9. The highest BCUT2D eigenvalue weighted by atomic mass is 79.9. The first-order valence-electron chi connectivity index (χ1n) is 8.35. The van der Waals surface area contributed by atoms with Crippen molar-refractivity contribution in [2.45, 2.75) is 38.3 Å². The molecule has 0 aromatic heterocycles. The van der Waals surface area contributed by atoms with Crippen LogP contribution in [0, 0.1) is 0 Å². The molecule has 0 radical (unpaired) electrons. The molecule has 0 saturated carbocycles. The molecule has 0 spiro atoms. The van der Waals surface area contributed by atoms with Crippen LogP contribution in [0.25, 0.3) is 0 Å². The summed E-state index contributed by atoms with van der Waals surface area (Å²) in [4.78, 5) is 26.1. The van der Waals surface area contributed by atoms with Gasteiger partial charge in [-0.15, -0.1) is 0 Å². The van der Waals surface area contributed by atoms with Crippen LogP contribution in [0.3, 0.4) is 0 Å². The van der Waals surface area contributed by atoms with Gasteiger partial charge in [0.2, 0.25) is 11.3 Å². The van der Waals surface area contributed by atoms with Gasteiger partial charge in [-0.1, -0.05) is 40.2 Å². The Morgan fingerprint density at radius 1 is 1.12 bits per heavy atom. The molecule has 1 N–H and O–H groups in total. The lowest BCUT2D eigenvalue weighted by Crippen LogP contribution is -2.55. The minimum Gasteiger partial charge on any atom is -0.349 e. The van der Waals surface area contributed by atoms with E-state index < -0.39 is 17.0 Å². The maximum absolute atomic E-state index is 13.1. The fourth-order valence-corrected chi connectivity index (χ4v) is 3.14. The van der Waals surface area contributed by atoms with Crippen LogP contribution >= 0.6 is 15.9 Å². The van der Waals surface area contributed by atoms with E-state index in [-0.39, 0.29) is 12.2 Å². The minimum atomic E-state index is -1.57. The zero-order chi connectivity index (χ0) is 18.9. The van der Waals surface area contributed by atoms with Crippen molar-refractivity contribution in [3.05, 3.63) is 64.1 Å². The van der Waals surface area contributed by atoms with E-state index in [1.54, 1.807) is 24.3 Å². The molecular weight excluding hydrogens is 394 g/mol. The van der Waals surface area contributed by atoms with Gasteiger partial charge in [-0.3, -0.25) is 9.59 Å². The van der Waals surface area contributed by atoms with Crippen molar-refractivity contribution in [1.82, 2.24) is 5.32 Å². The first-order valence-corrected chi connectivity index (χ1v) is 9.14. The lowest BCUT2D eigenvalue weighted by Gasteiger charge is -2.27. The van der Waals surface area contributed by atoms with Crippen LogP contribution < -0.4 is 5.32 Å². The maximum atomic E-state index is 13.1. The summed E-state index contributed by atoms with van der Waals surface area (Å²) in [7, 11) is 0. The number of ketones is 1. The van der Waals surface area contributed by atoms with Crippen LogP contribution in [0.2, 0.25) is 0 Å². The standard InChI is InChI=1S/C20H20BrN3O2/c1-19(2,3)22-18(26)20(24-23-15-10-8-14(21)9-11-15)12-13-6-4-5-7-16(13)17(20)25/h4-11H,12H2,1-3H3,(H,22,26)/t20-/m1/s1. The zero-order valence-corrected chi connectivity index (χ0v) is 16.5. The van der Waals surface area contributed by atoms with Crippen molar-refractivity contribution in [3.63, 3.8) is 0 Å². The molecule has 0 bridgehead atoms. The van der Waals surface area contributed by atoms with E-state index in [4.69, 9.17) is 0 Å². The number of benzene rings is 2. The minimum absolute atomic E-state index is 0.212. The molecule has 2 aromatic carbocycles. The second-order valence-electron chi connectivity index (χ2n) is 7.40. The van der Waals surface area contributed by atoms with Crippen molar-refractivity contribution in [3.8, 4) is 0 Å². The summed E-state index contributed by atoms with van der Waals surface area (Å²) >= 11 is 3.37. The van der Waals surface area contributed by atoms with Crippen molar-refractivity contribution < 1.29 is 9.59 Å². The molecule has 0 unspecified atom stereocenters. The molecule has 1 aliphatic rings. The molecule has 134 valence electrons. The summed E-state index contributed by atoms with van der Waals surface area (Å²) in [5.41, 5.74) is -0.112. The fraction of sp³-hybridized carbons (Fsp3) is 0.300. The number of hydrogen-bond donors (Lipinski definition) is 1. The molecule has 1 atom stereocenters. The summed E-state index contributed by atoms with van der Waals surface area (Å²) in [6.45, 7) is 5.62. The third-order valence-corrected chi connectivity index (χ3v) is 4.64. The number of azo groups is 1. The van der Waals surface area contributed by atoms with Gasteiger partial charge < -0.3 is 5.32 Å². The Morgan fingerprint density at radius 2 is 1.77 bits per heavy atom. The molecule has 26 heavy (non-hydrogen) atoms. The van der Waals surface area contributed by atoms with Crippen LogP contribution in [0.5, 0.6) is 0 Å². The topological polar surface area (TPSA) is 70.9 Å². The first kappa shape index (κ1) is 18.5. The Kier molecular flexibility index (Phi) is 4.80. The summed E-state index contributed by atoms with van der Waals surface area (Å²) < 4.78 is 0.918. The molecule has 0 heterocycles. The average molecular weight is 414 g/mol. The van der Waals surface area contributed by atoms with Crippen LogP contribution in [-0.4, -0.2) is 22.8 Å². The van der Waals surface area contributed by atoms with E-state index in [1.165, 1.54) is 0 Å². The molecule has 1 amide bonds. The van der Waals surface area contributed by atoms with E-state index in [1.807, 2.05) is 45.0 Å². The second kappa shape index (κ2) is 6.76. The number of halogens is 1. The predicted molar refractivity (Wildman–Crippen MR) is 104 cm³/mol.